The maximum absolute atomic E-state index is 12.5. The number of aromatic nitrogens is 1. The van der Waals surface area contributed by atoms with E-state index in [1.54, 1.807) is 35.4 Å². The van der Waals surface area contributed by atoms with Crippen LogP contribution < -0.4 is 5.32 Å². The van der Waals surface area contributed by atoms with Gasteiger partial charge >= 0.3 is 0 Å². The number of anilines is 1. The molecule has 0 bridgehead atoms. The van der Waals surface area contributed by atoms with Gasteiger partial charge in [0.15, 0.2) is 0 Å². The molecule has 0 spiro atoms. The minimum atomic E-state index is -0.0352. The Morgan fingerprint density at radius 2 is 2.00 bits per heavy atom. The number of benzene rings is 1. The molecule has 6 nitrogen and oxygen atoms in total. The maximum atomic E-state index is 12.5. The number of carbonyl (C=O) groups excluding carboxylic acids is 2. The minimum Gasteiger partial charge on any atom is -0.508 e. The summed E-state index contributed by atoms with van der Waals surface area (Å²) in [5.41, 5.74) is 4.11. The van der Waals surface area contributed by atoms with Crippen LogP contribution in [0.25, 0.3) is 11.6 Å². The highest BCUT2D eigenvalue weighted by Crippen LogP contribution is 2.24. The van der Waals surface area contributed by atoms with E-state index in [1.807, 2.05) is 18.2 Å². The third-order valence-electron chi connectivity index (χ3n) is 5.04. The Morgan fingerprint density at radius 3 is 2.75 bits per heavy atom. The topological polar surface area (TPSA) is 82.5 Å². The first-order chi connectivity index (χ1) is 13.6. The molecular formula is C22H21N3O3. The van der Waals surface area contributed by atoms with Crippen LogP contribution in [0.4, 0.5) is 5.82 Å². The van der Waals surface area contributed by atoms with Gasteiger partial charge < -0.3 is 15.3 Å². The monoisotopic (exact) mass is 375 g/mol. The molecule has 0 radical (unpaired) electrons. The first-order valence-electron chi connectivity index (χ1n) is 9.33. The molecule has 3 heterocycles. The van der Waals surface area contributed by atoms with Crippen LogP contribution in [-0.2, 0) is 16.0 Å². The summed E-state index contributed by atoms with van der Waals surface area (Å²) in [6.07, 6.45) is 8.98. The van der Waals surface area contributed by atoms with Crippen LogP contribution in [-0.4, -0.2) is 39.9 Å². The summed E-state index contributed by atoms with van der Waals surface area (Å²) in [5, 5.41) is 12.2. The largest absolute Gasteiger partial charge is 0.508 e. The fourth-order valence-electron chi connectivity index (χ4n) is 3.45. The third kappa shape index (κ3) is 3.96. The second-order valence-corrected chi connectivity index (χ2v) is 6.97. The Labute approximate surface area is 163 Å². The van der Waals surface area contributed by atoms with E-state index < -0.39 is 0 Å². The highest BCUT2D eigenvalue weighted by molar-refractivity contribution is 5.94. The zero-order valence-corrected chi connectivity index (χ0v) is 15.4. The lowest BCUT2D eigenvalue weighted by Crippen LogP contribution is -2.33. The van der Waals surface area contributed by atoms with Crippen molar-refractivity contribution in [2.24, 2.45) is 0 Å². The van der Waals surface area contributed by atoms with Crippen molar-refractivity contribution < 1.29 is 14.7 Å². The third-order valence-corrected chi connectivity index (χ3v) is 5.04. The zero-order chi connectivity index (χ0) is 19.5. The molecule has 0 unspecified atom stereocenters. The Morgan fingerprint density at radius 1 is 1.18 bits per heavy atom. The normalized spacial score (nSPS) is 16.5. The van der Waals surface area contributed by atoms with Gasteiger partial charge in [-0.25, -0.2) is 4.98 Å². The average molecular weight is 375 g/mol. The lowest BCUT2D eigenvalue weighted by Gasteiger charge is -2.25. The van der Waals surface area contributed by atoms with Gasteiger partial charge in [-0.15, -0.1) is 0 Å². The second-order valence-electron chi connectivity index (χ2n) is 6.97. The van der Waals surface area contributed by atoms with Gasteiger partial charge in [-0.1, -0.05) is 18.2 Å². The van der Waals surface area contributed by atoms with Crippen molar-refractivity contribution in [1.29, 1.82) is 0 Å². The maximum Gasteiger partial charge on any atom is 0.246 e. The highest BCUT2D eigenvalue weighted by atomic mass is 16.3. The lowest BCUT2D eigenvalue weighted by molar-refractivity contribution is -0.125. The Kier molecular flexibility index (Phi) is 4.93. The molecular weight excluding hydrogens is 354 g/mol. The van der Waals surface area contributed by atoms with Crippen molar-refractivity contribution in [2.75, 3.05) is 18.4 Å². The molecule has 2 aliphatic rings. The standard InChI is InChI=1S/C22H21N3O3/c26-19-5-2-16(3-6-19)17-9-11-25(12-10-17)21(28)8-1-15-13-18-4-7-20(27)24-22(18)23-14-15/h1-3,5-6,8-9,13-14,26H,4,7,10-12H2,(H,23,24,27)/b8-1+. The fraction of sp³-hybridized carbons (Fsp3) is 0.227. The summed E-state index contributed by atoms with van der Waals surface area (Å²) < 4.78 is 0. The molecule has 28 heavy (non-hydrogen) atoms. The molecule has 142 valence electrons. The number of phenolic OH excluding ortho intramolecular Hbond substituents is 1. The minimum absolute atomic E-state index is 0.0108. The predicted octanol–water partition coefficient (Wildman–Crippen LogP) is 3.00. The van der Waals surface area contributed by atoms with Gasteiger partial charge in [0.2, 0.25) is 11.8 Å². The van der Waals surface area contributed by atoms with E-state index in [1.165, 1.54) is 5.57 Å². The van der Waals surface area contributed by atoms with Crippen LogP contribution in [0.1, 0.15) is 29.5 Å². The van der Waals surface area contributed by atoms with Gasteiger partial charge in [-0.2, -0.15) is 0 Å². The van der Waals surface area contributed by atoms with Crippen LogP contribution in [0.15, 0.2) is 48.7 Å². The molecule has 2 aromatic rings. The summed E-state index contributed by atoms with van der Waals surface area (Å²) in [4.78, 5) is 30.0. The molecule has 6 heteroatoms. The number of rotatable bonds is 3. The fourth-order valence-corrected chi connectivity index (χ4v) is 3.45. The number of aromatic hydroxyl groups is 1. The van der Waals surface area contributed by atoms with Gasteiger partial charge in [0, 0.05) is 31.8 Å². The van der Waals surface area contributed by atoms with E-state index in [0.29, 0.717) is 31.7 Å². The van der Waals surface area contributed by atoms with Crippen molar-refractivity contribution in [3.63, 3.8) is 0 Å². The van der Waals surface area contributed by atoms with E-state index in [9.17, 15) is 14.7 Å². The summed E-state index contributed by atoms with van der Waals surface area (Å²) in [5.74, 6) is 0.819. The van der Waals surface area contributed by atoms with Crippen molar-refractivity contribution in [3.05, 3.63) is 65.4 Å². The number of aryl methyl sites for hydroxylation is 1. The summed E-state index contributed by atoms with van der Waals surface area (Å²) in [6, 6.07) is 9.10. The predicted molar refractivity (Wildman–Crippen MR) is 108 cm³/mol. The molecule has 2 N–H and O–H groups in total. The Bertz CT molecular complexity index is 977. The molecule has 2 aliphatic heterocycles. The molecule has 1 aromatic carbocycles. The first-order valence-corrected chi connectivity index (χ1v) is 9.33. The number of hydrogen-bond acceptors (Lipinski definition) is 4. The molecule has 0 fully saturated rings. The average Bonchev–Trinajstić information content (AvgIpc) is 2.72. The second kappa shape index (κ2) is 7.68. The number of carbonyl (C=O) groups is 2. The van der Waals surface area contributed by atoms with Crippen molar-refractivity contribution >= 4 is 29.3 Å². The molecule has 0 saturated carbocycles. The van der Waals surface area contributed by atoms with E-state index in [4.69, 9.17) is 0 Å². The number of amides is 2. The molecule has 0 atom stereocenters. The summed E-state index contributed by atoms with van der Waals surface area (Å²) in [6.45, 7) is 1.22. The van der Waals surface area contributed by atoms with E-state index in [0.717, 1.165) is 23.1 Å². The molecule has 0 aliphatic carbocycles. The number of nitrogens with one attached hydrogen (secondary N) is 1. The number of fused-ring (bicyclic) bond motifs is 1. The van der Waals surface area contributed by atoms with Crippen LogP contribution in [0, 0.1) is 0 Å². The SMILES string of the molecule is O=C1CCc2cc(/C=C/C(=O)N3CC=C(c4ccc(O)cc4)CC3)cnc2N1. The molecule has 2 amide bonds. The summed E-state index contributed by atoms with van der Waals surface area (Å²) in [7, 11) is 0. The van der Waals surface area contributed by atoms with Gasteiger partial charge in [0.05, 0.1) is 0 Å². The zero-order valence-electron chi connectivity index (χ0n) is 15.4. The van der Waals surface area contributed by atoms with Crippen molar-refractivity contribution in [1.82, 2.24) is 9.88 Å². The lowest BCUT2D eigenvalue weighted by atomic mass is 9.99. The number of pyridine rings is 1. The van der Waals surface area contributed by atoms with Crippen LogP contribution >= 0.6 is 0 Å². The smallest absolute Gasteiger partial charge is 0.246 e. The number of phenols is 1. The van der Waals surface area contributed by atoms with Gasteiger partial charge in [0.1, 0.15) is 11.6 Å². The van der Waals surface area contributed by atoms with Crippen molar-refractivity contribution in [3.8, 4) is 5.75 Å². The molecule has 1 aromatic heterocycles. The molecule has 4 rings (SSSR count). The highest BCUT2D eigenvalue weighted by Gasteiger charge is 2.17. The van der Waals surface area contributed by atoms with Gasteiger partial charge in [-0.3, -0.25) is 9.59 Å². The van der Waals surface area contributed by atoms with Crippen LogP contribution in [0.2, 0.25) is 0 Å². The quantitative estimate of drug-likeness (QED) is 0.808. The van der Waals surface area contributed by atoms with E-state index >= 15 is 0 Å². The summed E-state index contributed by atoms with van der Waals surface area (Å²) >= 11 is 0. The number of hydrogen-bond donors (Lipinski definition) is 2. The van der Waals surface area contributed by atoms with Crippen LogP contribution in [0.3, 0.4) is 0 Å². The van der Waals surface area contributed by atoms with Crippen molar-refractivity contribution in [2.45, 2.75) is 19.3 Å². The van der Waals surface area contributed by atoms with Crippen LogP contribution in [0.5, 0.6) is 5.75 Å². The number of nitrogens with zero attached hydrogens (tertiary/aromatic N) is 2. The first kappa shape index (κ1) is 18.0. The van der Waals surface area contributed by atoms with E-state index in [2.05, 4.69) is 16.4 Å². The van der Waals surface area contributed by atoms with E-state index in [-0.39, 0.29) is 17.6 Å². The van der Waals surface area contributed by atoms with Gasteiger partial charge in [0.25, 0.3) is 0 Å². The molecule has 0 saturated heterocycles. The Hall–Kier alpha value is -3.41. The Balaban J connectivity index is 1.39. The van der Waals surface area contributed by atoms with Gasteiger partial charge in [-0.05, 0) is 59.4 Å².